The van der Waals surface area contributed by atoms with Crippen LogP contribution in [0.4, 0.5) is 0 Å². The van der Waals surface area contributed by atoms with Crippen molar-refractivity contribution in [1.82, 2.24) is 10.6 Å². The third kappa shape index (κ3) is 6.43. The molecule has 2 N–H and O–H groups in total. The number of furan rings is 2. The molecule has 0 saturated carbocycles. The fourth-order valence-electron chi connectivity index (χ4n) is 2.55. The molecule has 0 bridgehead atoms. The number of aryl methyl sites for hydroxylation is 1. The molecule has 7 heteroatoms. The van der Waals surface area contributed by atoms with Crippen LogP contribution in [0.25, 0.3) is 6.08 Å². The summed E-state index contributed by atoms with van der Waals surface area (Å²) in [6, 6.07) is 14.4. The molecule has 1 aromatic carbocycles. The Morgan fingerprint density at radius 1 is 1.07 bits per heavy atom. The zero-order chi connectivity index (χ0) is 20.5. The number of carbonyl (C=O) groups is 2. The first-order valence-electron chi connectivity index (χ1n) is 9.13. The number of thioether (sulfide) groups is 1. The summed E-state index contributed by atoms with van der Waals surface area (Å²) in [5.41, 5.74) is 1.58. The molecule has 2 heterocycles. The summed E-state index contributed by atoms with van der Waals surface area (Å²) < 4.78 is 10.6. The Bertz CT molecular complexity index is 963. The van der Waals surface area contributed by atoms with Crippen LogP contribution in [0.5, 0.6) is 0 Å². The zero-order valence-corrected chi connectivity index (χ0v) is 16.8. The van der Waals surface area contributed by atoms with Crippen LogP contribution >= 0.6 is 11.8 Å². The number of benzene rings is 1. The molecule has 0 aliphatic rings. The van der Waals surface area contributed by atoms with E-state index in [9.17, 15) is 9.59 Å². The first kappa shape index (κ1) is 20.5. The molecule has 0 spiro atoms. The van der Waals surface area contributed by atoms with Gasteiger partial charge in [-0.2, -0.15) is 11.8 Å². The lowest BCUT2D eigenvalue weighted by atomic mass is 10.1. The molecule has 0 atom stereocenters. The van der Waals surface area contributed by atoms with Gasteiger partial charge in [0.1, 0.15) is 17.2 Å². The van der Waals surface area contributed by atoms with E-state index in [1.54, 1.807) is 48.4 Å². The Labute approximate surface area is 173 Å². The summed E-state index contributed by atoms with van der Waals surface area (Å²) in [6.45, 7) is 2.36. The van der Waals surface area contributed by atoms with Crippen molar-refractivity contribution >= 4 is 29.7 Å². The molecule has 2 amide bonds. The first-order chi connectivity index (χ1) is 14.1. The predicted octanol–water partition coefficient (Wildman–Crippen LogP) is 4.00. The van der Waals surface area contributed by atoms with E-state index in [4.69, 9.17) is 8.83 Å². The Kier molecular flexibility index (Phi) is 7.35. The summed E-state index contributed by atoms with van der Waals surface area (Å²) in [5.74, 6) is 2.10. The number of hydrogen-bond donors (Lipinski definition) is 2. The van der Waals surface area contributed by atoms with Crippen LogP contribution in [0.2, 0.25) is 0 Å². The van der Waals surface area contributed by atoms with Crippen LogP contribution in [0.1, 0.15) is 27.4 Å². The molecular weight excluding hydrogens is 388 g/mol. The lowest BCUT2D eigenvalue weighted by Gasteiger charge is -2.11. The molecule has 6 nitrogen and oxygen atoms in total. The van der Waals surface area contributed by atoms with Gasteiger partial charge in [-0.1, -0.05) is 17.7 Å². The summed E-state index contributed by atoms with van der Waals surface area (Å²) in [6.07, 6.45) is 4.66. The Balaban J connectivity index is 1.59. The van der Waals surface area contributed by atoms with Crippen LogP contribution in [-0.2, 0) is 10.5 Å². The van der Waals surface area contributed by atoms with Gasteiger partial charge in [0.05, 0.1) is 18.3 Å². The second-order valence-electron chi connectivity index (χ2n) is 6.28. The first-order valence-corrected chi connectivity index (χ1v) is 10.3. The molecule has 0 fully saturated rings. The Morgan fingerprint density at radius 2 is 1.90 bits per heavy atom. The summed E-state index contributed by atoms with van der Waals surface area (Å²) in [7, 11) is 0. The number of carbonyl (C=O) groups excluding carboxylic acids is 2. The van der Waals surface area contributed by atoms with Gasteiger partial charge in [-0.3, -0.25) is 9.59 Å². The molecule has 0 saturated heterocycles. The highest BCUT2D eigenvalue weighted by molar-refractivity contribution is 7.98. The average Bonchev–Trinajstić information content (AvgIpc) is 3.41. The van der Waals surface area contributed by atoms with Crippen molar-refractivity contribution in [2.24, 2.45) is 0 Å². The molecule has 0 unspecified atom stereocenters. The van der Waals surface area contributed by atoms with Crippen LogP contribution < -0.4 is 10.6 Å². The van der Waals surface area contributed by atoms with Crippen LogP contribution in [0.3, 0.4) is 0 Å². The van der Waals surface area contributed by atoms with Gasteiger partial charge in [0.15, 0.2) is 0 Å². The third-order valence-corrected chi connectivity index (χ3v) is 4.94. The summed E-state index contributed by atoms with van der Waals surface area (Å²) in [5, 5.41) is 5.52. The molecule has 3 aromatic rings. The van der Waals surface area contributed by atoms with E-state index in [-0.39, 0.29) is 17.5 Å². The van der Waals surface area contributed by atoms with E-state index in [0.717, 1.165) is 17.1 Å². The van der Waals surface area contributed by atoms with Crippen LogP contribution in [-0.4, -0.2) is 24.1 Å². The Morgan fingerprint density at radius 3 is 2.62 bits per heavy atom. The van der Waals surface area contributed by atoms with Crippen molar-refractivity contribution < 1.29 is 18.4 Å². The smallest absolute Gasteiger partial charge is 0.267 e. The molecule has 3 rings (SSSR count). The minimum atomic E-state index is -0.374. The predicted molar refractivity (Wildman–Crippen MR) is 113 cm³/mol. The van der Waals surface area contributed by atoms with Gasteiger partial charge in [0.25, 0.3) is 11.8 Å². The van der Waals surface area contributed by atoms with E-state index in [1.807, 2.05) is 25.1 Å². The minimum absolute atomic E-state index is 0.127. The van der Waals surface area contributed by atoms with E-state index < -0.39 is 0 Å². The van der Waals surface area contributed by atoms with E-state index >= 15 is 0 Å². The van der Waals surface area contributed by atoms with Gasteiger partial charge < -0.3 is 19.5 Å². The normalized spacial score (nSPS) is 11.3. The number of hydrogen-bond acceptors (Lipinski definition) is 5. The topological polar surface area (TPSA) is 84.5 Å². The van der Waals surface area contributed by atoms with E-state index in [0.29, 0.717) is 23.6 Å². The average molecular weight is 410 g/mol. The quantitative estimate of drug-likeness (QED) is 0.411. The van der Waals surface area contributed by atoms with Crippen LogP contribution in [0.15, 0.2) is 75.6 Å². The van der Waals surface area contributed by atoms with E-state index in [1.165, 1.54) is 12.3 Å². The highest BCUT2D eigenvalue weighted by Crippen LogP contribution is 2.12. The molecule has 2 aromatic heterocycles. The second kappa shape index (κ2) is 10.4. The lowest BCUT2D eigenvalue weighted by molar-refractivity contribution is -0.117. The maximum absolute atomic E-state index is 12.6. The highest BCUT2D eigenvalue weighted by atomic mass is 32.2. The van der Waals surface area contributed by atoms with Gasteiger partial charge in [0, 0.05) is 23.9 Å². The largest absolute Gasteiger partial charge is 0.468 e. The minimum Gasteiger partial charge on any atom is -0.468 e. The van der Waals surface area contributed by atoms with Crippen molar-refractivity contribution in [3.63, 3.8) is 0 Å². The maximum Gasteiger partial charge on any atom is 0.267 e. The fourth-order valence-corrected chi connectivity index (χ4v) is 3.31. The van der Waals surface area contributed by atoms with E-state index in [2.05, 4.69) is 10.6 Å². The summed E-state index contributed by atoms with van der Waals surface area (Å²) >= 11 is 1.65. The van der Waals surface area contributed by atoms with Crippen molar-refractivity contribution in [2.75, 3.05) is 12.3 Å². The molecular formula is C22H22N2O4S. The van der Waals surface area contributed by atoms with Gasteiger partial charge in [-0.25, -0.2) is 0 Å². The fraction of sp³-hybridized carbons (Fsp3) is 0.182. The monoisotopic (exact) mass is 410 g/mol. The highest BCUT2D eigenvalue weighted by Gasteiger charge is 2.15. The molecule has 29 heavy (non-hydrogen) atoms. The number of amides is 2. The molecule has 0 aliphatic carbocycles. The molecule has 150 valence electrons. The zero-order valence-electron chi connectivity index (χ0n) is 16.0. The second-order valence-corrected chi connectivity index (χ2v) is 7.39. The van der Waals surface area contributed by atoms with Crippen molar-refractivity contribution in [3.8, 4) is 0 Å². The SMILES string of the molecule is Cc1cccc(C(=O)N/C(=C\c2ccco2)C(=O)NCCSCc2ccco2)c1. The van der Waals surface area contributed by atoms with Gasteiger partial charge >= 0.3 is 0 Å². The maximum atomic E-state index is 12.6. The third-order valence-electron chi connectivity index (χ3n) is 3.96. The Hall–Kier alpha value is -3.19. The van der Waals surface area contributed by atoms with Gasteiger partial charge in [-0.05, 0) is 43.3 Å². The van der Waals surface area contributed by atoms with Crippen molar-refractivity contribution in [3.05, 3.63) is 89.4 Å². The summed E-state index contributed by atoms with van der Waals surface area (Å²) in [4.78, 5) is 25.2. The van der Waals surface area contributed by atoms with Crippen molar-refractivity contribution in [1.29, 1.82) is 0 Å². The number of nitrogens with one attached hydrogen (secondary N) is 2. The van der Waals surface area contributed by atoms with Crippen molar-refractivity contribution in [2.45, 2.75) is 12.7 Å². The molecule has 0 radical (unpaired) electrons. The van der Waals surface area contributed by atoms with Crippen LogP contribution in [0, 0.1) is 6.92 Å². The lowest BCUT2D eigenvalue weighted by Crippen LogP contribution is -2.35. The van der Waals surface area contributed by atoms with Gasteiger partial charge in [-0.15, -0.1) is 0 Å². The van der Waals surface area contributed by atoms with Gasteiger partial charge in [0.2, 0.25) is 0 Å². The standard InChI is InChI=1S/C22H22N2O4S/c1-16-5-2-6-17(13-16)21(25)24-20(14-18-7-3-10-27-18)22(26)23-9-12-29-15-19-8-4-11-28-19/h2-8,10-11,13-14H,9,12,15H2,1H3,(H,23,26)(H,24,25)/b20-14-. The molecule has 0 aliphatic heterocycles. The number of rotatable bonds is 9.